The molecule has 0 spiro atoms. The summed E-state index contributed by atoms with van der Waals surface area (Å²) >= 11 is 1.30. The van der Waals surface area contributed by atoms with E-state index >= 15 is 0 Å². The Kier molecular flexibility index (Phi) is 10.4. The van der Waals surface area contributed by atoms with E-state index < -0.39 is 0 Å². The van der Waals surface area contributed by atoms with Crippen LogP contribution in [0.4, 0.5) is 0 Å². The van der Waals surface area contributed by atoms with Crippen molar-refractivity contribution in [3.8, 4) is 0 Å². The summed E-state index contributed by atoms with van der Waals surface area (Å²) < 4.78 is 3.34. The van der Waals surface area contributed by atoms with Gasteiger partial charge < -0.3 is 0 Å². The van der Waals surface area contributed by atoms with Crippen LogP contribution in [0, 0.1) is 0 Å². The summed E-state index contributed by atoms with van der Waals surface area (Å²) in [6.07, 6.45) is 7.62. The van der Waals surface area contributed by atoms with Gasteiger partial charge in [0.05, 0.1) is 0 Å². The van der Waals surface area contributed by atoms with Crippen LogP contribution in [0.15, 0.2) is 72.8 Å². The van der Waals surface area contributed by atoms with E-state index in [0.29, 0.717) is 0 Å². The zero-order chi connectivity index (χ0) is 20.2. The SMILES string of the molecule is CCCCc1cc2ccccc2[cH-]1.CCCCc1cc2ccccc2[cH-]1.[CH2]=[Zr+2]. The molecule has 0 aliphatic carbocycles. The number of hydrogen-bond donors (Lipinski definition) is 0. The van der Waals surface area contributed by atoms with E-state index in [9.17, 15) is 0 Å². The molecule has 0 heterocycles. The van der Waals surface area contributed by atoms with Gasteiger partial charge in [-0.15, -0.1) is 81.2 Å². The first-order valence-electron chi connectivity index (χ1n) is 10.4. The van der Waals surface area contributed by atoms with Gasteiger partial charge in [0.2, 0.25) is 0 Å². The number of aryl methyl sites for hydroxylation is 2. The Morgan fingerprint density at radius 1 is 0.679 bits per heavy atom. The fourth-order valence-electron chi connectivity index (χ4n) is 3.48. The number of benzene rings is 2. The van der Waals surface area contributed by atoms with Crippen LogP contribution < -0.4 is 0 Å². The molecule has 0 atom stereocenters. The first-order valence-corrected chi connectivity index (χ1v) is 12.2. The summed E-state index contributed by atoms with van der Waals surface area (Å²) in [7, 11) is 0. The zero-order valence-corrected chi connectivity index (χ0v) is 19.8. The predicted octanol–water partition coefficient (Wildman–Crippen LogP) is 7.77. The Labute approximate surface area is 185 Å². The molecule has 28 heavy (non-hydrogen) atoms. The summed E-state index contributed by atoms with van der Waals surface area (Å²) in [6.45, 7) is 4.48. The van der Waals surface area contributed by atoms with E-state index in [0.717, 1.165) is 0 Å². The van der Waals surface area contributed by atoms with Crippen LogP contribution >= 0.6 is 0 Å². The van der Waals surface area contributed by atoms with Gasteiger partial charge in [-0.05, 0) is 12.8 Å². The van der Waals surface area contributed by atoms with Gasteiger partial charge in [0.15, 0.2) is 0 Å². The third-order valence-electron chi connectivity index (χ3n) is 4.99. The first kappa shape index (κ1) is 22.7. The third kappa shape index (κ3) is 6.78. The Balaban J connectivity index is 0.000000184. The van der Waals surface area contributed by atoms with Gasteiger partial charge in [0.25, 0.3) is 0 Å². The molecule has 0 fully saturated rings. The van der Waals surface area contributed by atoms with E-state index in [1.807, 2.05) is 0 Å². The van der Waals surface area contributed by atoms with Crippen molar-refractivity contribution in [2.45, 2.75) is 52.4 Å². The molecule has 0 bridgehead atoms. The van der Waals surface area contributed by atoms with Gasteiger partial charge in [-0.1, -0.05) is 51.7 Å². The second-order valence-corrected chi connectivity index (χ2v) is 7.19. The monoisotopic (exact) mass is 446 g/mol. The Morgan fingerprint density at radius 2 is 1.07 bits per heavy atom. The fraction of sp³-hybridized carbons (Fsp3) is 0.296. The number of hydrogen-bond acceptors (Lipinski definition) is 0. The fourth-order valence-corrected chi connectivity index (χ4v) is 3.48. The molecule has 0 amide bonds. The van der Waals surface area contributed by atoms with Crippen LogP contribution in [0.1, 0.15) is 50.7 Å². The molecule has 0 aromatic heterocycles. The van der Waals surface area contributed by atoms with Crippen LogP contribution in [0.5, 0.6) is 0 Å². The molecule has 0 saturated heterocycles. The minimum absolute atomic E-state index is 1.23. The average molecular weight is 448 g/mol. The van der Waals surface area contributed by atoms with E-state index in [4.69, 9.17) is 0 Å². The average Bonchev–Trinajstić information content (AvgIpc) is 3.35. The van der Waals surface area contributed by atoms with Gasteiger partial charge in [0.1, 0.15) is 0 Å². The summed E-state index contributed by atoms with van der Waals surface area (Å²) in [5.41, 5.74) is 2.98. The van der Waals surface area contributed by atoms with Crippen molar-refractivity contribution in [2.75, 3.05) is 0 Å². The topological polar surface area (TPSA) is 0 Å². The van der Waals surface area contributed by atoms with Gasteiger partial charge in [-0.25, -0.2) is 0 Å². The van der Waals surface area contributed by atoms with Crippen LogP contribution in [0.2, 0.25) is 0 Å². The Hall–Kier alpha value is -1.59. The molecule has 0 N–H and O–H groups in total. The molecule has 144 valence electrons. The molecule has 0 saturated carbocycles. The van der Waals surface area contributed by atoms with Crippen molar-refractivity contribution in [3.05, 3.63) is 83.9 Å². The van der Waals surface area contributed by atoms with Gasteiger partial charge in [0, 0.05) is 0 Å². The summed E-state index contributed by atoms with van der Waals surface area (Å²) in [4.78, 5) is 0. The zero-order valence-electron chi connectivity index (χ0n) is 17.4. The van der Waals surface area contributed by atoms with Crippen molar-refractivity contribution in [1.29, 1.82) is 0 Å². The van der Waals surface area contributed by atoms with Crippen molar-refractivity contribution in [2.24, 2.45) is 0 Å². The van der Waals surface area contributed by atoms with Crippen molar-refractivity contribution >= 4 is 25.8 Å². The molecule has 0 nitrogen and oxygen atoms in total. The normalized spacial score (nSPS) is 10.3. The van der Waals surface area contributed by atoms with E-state index in [1.54, 1.807) is 0 Å². The second-order valence-electron chi connectivity index (χ2n) is 7.19. The van der Waals surface area contributed by atoms with E-state index in [2.05, 4.69) is 90.9 Å². The molecule has 0 unspecified atom stereocenters. The Bertz CT molecular complexity index is 797. The van der Waals surface area contributed by atoms with Gasteiger partial charge >= 0.3 is 28.4 Å². The summed E-state index contributed by atoms with van der Waals surface area (Å²) in [5.74, 6) is 0. The van der Waals surface area contributed by atoms with Crippen LogP contribution in [0.3, 0.4) is 0 Å². The molecule has 4 aromatic rings. The molecule has 4 rings (SSSR count). The Morgan fingerprint density at radius 3 is 1.43 bits per heavy atom. The van der Waals surface area contributed by atoms with E-state index in [-0.39, 0.29) is 0 Å². The van der Waals surface area contributed by atoms with Crippen molar-refractivity contribution in [3.63, 3.8) is 0 Å². The summed E-state index contributed by atoms with van der Waals surface area (Å²) in [6, 6.07) is 26.4. The van der Waals surface area contributed by atoms with Gasteiger partial charge in [-0.2, -0.15) is 12.1 Å². The van der Waals surface area contributed by atoms with Crippen LogP contribution in [-0.4, -0.2) is 4.21 Å². The predicted molar refractivity (Wildman–Crippen MR) is 123 cm³/mol. The molecule has 0 aliphatic rings. The molecule has 4 aromatic carbocycles. The summed E-state index contributed by atoms with van der Waals surface area (Å²) in [5, 5.41) is 5.53. The standard InChI is InChI=1S/2C13H15.CH2.Zr/c2*1-2-3-6-11-9-12-7-4-5-8-13(12)10-11;;/h2*4-5,7-10H,2-3,6H2,1H3;1H2;/q2*-1;;+2. The molecule has 0 aliphatic heterocycles. The molecular weight excluding hydrogens is 416 g/mol. The maximum absolute atomic E-state index is 3.34. The van der Waals surface area contributed by atoms with Crippen LogP contribution in [0.25, 0.3) is 21.5 Å². The second kappa shape index (κ2) is 12.8. The molecular formula is C27H32Zr. The number of unbranched alkanes of at least 4 members (excludes halogenated alkanes) is 2. The number of fused-ring (bicyclic) bond motifs is 2. The quantitative estimate of drug-likeness (QED) is 0.265. The first-order chi connectivity index (χ1) is 13.8. The van der Waals surface area contributed by atoms with Crippen LogP contribution in [-0.2, 0) is 37.1 Å². The minimum atomic E-state index is 1.23. The van der Waals surface area contributed by atoms with Crippen molar-refractivity contribution < 1.29 is 24.2 Å². The third-order valence-corrected chi connectivity index (χ3v) is 4.99. The molecule has 1 heteroatoms. The number of rotatable bonds is 6. The van der Waals surface area contributed by atoms with Gasteiger partial charge in [-0.3, -0.25) is 0 Å². The van der Waals surface area contributed by atoms with E-state index in [1.165, 1.54) is 95.4 Å². The molecule has 0 radical (unpaired) electrons. The van der Waals surface area contributed by atoms with Crippen molar-refractivity contribution in [1.82, 2.24) is 0 Å². The maximum atomic E-state index is 3.34.